The Bertz CT molecular complexity index is 386. The molecule has 2 atom stereocenters. The summed E-state index contributed by atoms with van der Waals surface area (Å²) < 4.78 is 0. The van der Waals surface area contributed by atoms with Gasteiger partial charge in [0, 0.05) is 12.7 Å². The summed E-state index contributed by atoms with van der Waals surface area (Å²) in [5, 5.41) is 0. The molecule has 1 aromatic rings. The molecule has 0 saturated heterocycles. The maximum absolute atomic E-state index is 12.2. The van der Waals surface area contributed by atoms with Crippen LogP contribution in [0.15, 0.2) is 24.3 Å². The highest BCUT2D eigenvalue weighted by atomic mass is 16.2. The van der Waals surface area contributed by atoms with Crippen molar-refractivity contribution < 1.29 is 4.79 Å². The Morgan fingerprint density at radius 2 is 1.83 bits per heavy atom. The number of nitrogens with two attached hydrogens (primary N) is 1. The maximum Gasteiger partial charge on any atom is 0.243 e. The molecular formula is C15H24N2O. The van der Waals surface area contributed by atoms with Crippen LogP contribution >= 0.6 is 0 Å². The van der Waals surface area contributed by atoms with Gasteiger partial charge in [-0.15, -0.1) is 0 Å². The van der Waals surface area contributed by atoms with E-state index in [4.69, 9.17) is 5.73 Å². The minimum atomic E-state index is -0.425. The number of hydrogen-bond acceptors (Lipinski definition) is 2. The van der Waals surface area contributed by atoms with Gasteiger partial charge in [0.05, 0.1) is 6.04 Å². The van der Waals surface area contributed by atoms with E-state index in [-0.39, 0.29) is 11.8 Å². The van der Waals surface area contributed by atoms with Gasteiger partial charge in [-0.25, -0.2) is 0 Å². The molecule has 0 aromatic heterocycles. The van der Waals surface area contributed by atoms with Crippen molar-refractivity contribution in [3.8, 4) is 0 Å². The van der Waals surface area contributed by atoms with Crippen LogP contribution in [0.5, 0.6) is 0 Å². The number of carbonyl (C=O) groups is 1. The molecule has 0 aliphatic heterocycles. The van der Waals surface area contributed by atoms with Gasteiger partial charge >= 0.3 is 0 Å². The molecule has 3 heteroatoms. The quantitative estimate of drug-likeness (QED) is 0.870. The first-order valence-electron chi connectivity index (χ1n) is 6.63. The molecule has 0 aliphatic carbocycles. The van der Waals surface area contributed by atoms with E-state index >= 15 is 0 Å². The van der Waals surface area contributed by atoms with Crippen LogP contribution in [0, 0.1) is 5.92 Å². The second-order valence-electron chi connectivity index (χ2n) is 4.83. The van der Waals surface area contributed by atoms with Crippen LogP contribution in [-0.4, -0.2) is 19.0 Å². The predicted molar refractivity (Wildman–Crippen MR) is 76.7 cm³/mol. The van der Waals surface area contributed by atoms with E-state index in [1.165, 1.54) is 5.56 Å². The molecular weight excluding hydrogens is 224 g/mol. The van der Waals surface area contributed by atoms with Crippen molar-refractivity contribution >= 4 is 11.6 Å². The largest absolute Gasteiger partial charge is 0.320 e. The lowest BCUT2D eigenvalue weighted by Gasteiger charge is -2.24. The molecule has 0 heterocycles. The highest BCUT2D eigenvalue weighted by Gasteiger charge is 2.23. The van der Waals surface area contributed by atoms with Crippen LogP contribution in [0.1, 0.15) is 32.8 Å². The average Bonchev–Trinajstić information content (AvgIpc) is 2.44. The Morgan fingerprint density at radius 1 is 1.28 bits per heavy atom. The Morgan fingerprint density at radius 3 is 2.28 bits per heavy atom. The van der Waals surface area contributed by atoms with E-state index in [1.807, 2.05) is 38.1 Å². The summed E-state index contributed by atoms with van der Waals surface area (Å²) in [6.07, 6.45) is 1.92. The van der Waals surface area contributed by atoms with Gasteiger partial charge in [-0.1, -0.05) is 39.3 Å². The second kappa shape index (κ2) is 6.55. The number of amides is 1. The number of benzene rings is 1. The Hall–Kier alpha value is -1.35. The van der Waals surface area contributed by atoms with Crippen molar-refractivity contribution in [1.29, 1.82) is 0 Å². The maximum atomic E-state index is 12.2. The number of nitrogens with zero attached hydrogens (tertiary/aromatic N) is 1. The van der Waals surface area contributed by atoms with Gasteiger partial charge in [-0.3, -0.25) is 4.79 Å². The molecule has 2 N–H and O–H groups in total. The third kappa shape index (κ3) is 3.33. The lowest BCUT2D eigenvalue weighted by molar-refractivity contribution is -0.120. The Labute approximate surface area is 110 Å². The van der Waals surface area contributed by atoms with Crippen LogP contribution in [0.3, 0.4) is 0 Å². The van der Waals surface area contributed by atoms with E-state index in [0.717, 1.165) is 18.5 Å². The average molecular weight is 248 g/mol. The first-order valence-corrected chi connectivity index (χ1v) is 6.63. The molecule has 0 bridgehead atoms. The molecule has 18 heavy (non-hydrogen) atoms. The van der Waals surface area contributed by atoms with Crippen LogP contribution in [0.25, 0.3) is 0 Å². The highest BCUT2D eigenvalue weighted by molar-refractivity contribution is 5.96. The van der Waals surface area contributed by atoms with Gasteiger partial charge in [-0.05, 0) is 30.0 Å². The molecule has 1 amide bonds. The van der Waals surface area contributed by atoms with Crippen LogP contribution in [0.2, 0.25) is 0 Å². The summed E-state index contributed by atoms with van der Waals surface area (Å²) in [7, 11) is 1.78. The molecule has 0 fully saturated rings. The van der Waals surface area contributed by atoms with Crippen LogP contribution in [-0.2, 0) is 11.2 Å². The number of hydrogen-bond donors (Lipinski definition) is 1. The number of rotatable bonds is 5. The Balaban J connectivity index is 2.79. The van der Waals surface area contributed by atoms with Crippen molar-refractivity contribution in [2.75, 3.05) is 11.9 Å². The van der Waals surface area contributed by atoms with Crippen molar-refractivity contribution in [1.82, 2.24) is 0 Å². The molecule has 0 unspecified atom stereocenters. The van der Waals surface area contributed by atoms with Crippen molar-refractivity contribution in [2.45, 2.75) is 39.7 Å². The van der Waals surface area contributed by atoms with Gasteiger partial charge in [0.1, 0.15) is 0 Å². The fraction of sp³-hybridized carbons (Fsp3) is 0.533. The highest BCUT2D eigenvalue weighted by Crippen LogP contribution is 2.17. The van der Waals surface area contributed by atoms with E-state index in [2.05, 4.69) is 6.92 Å². The summed E-state index contributed by atoms with van der Waals surface area (Å²) >= 11 is 0. The summed E-state index contributed by atoms with van der Waals surface area (Å²) in [4.78, 5) is 13.8. The SMILES string of the molecule is CCc1ccc(N(C)C(=O)[C@@H](N)[C@@H](C)CC)cc1. The van der Waals surface area contributed by atoms with E-state index < -0.39 is 6.04 Å². The van der Waals surface area contributed by atoms with Gasteiger partial charge in [0.2, 0.25) is 5.91 Å². The molecule has 1 rings (SSSR count). The zero-order valence-corrected chi connectivity index (χ0v) is 11.8. The summed E-state index contributed by atoms with van der Waals surface area (Å²) in [6, 6.07) is 7.62. The van der Waals surface area contributed by atoms with Crippen LogP contribution in [0.4, 0.5) is 5.69 Å². The second-order valence-corrected chi connectivity index (χ2v) is 4.83. The number of aryl methyl sites for hydroxylation is 1. The topological polar surface area (TPSA) is 46.3 Å². The van der Waals surface area contributed by atoms with E-state index in [0.29, 0.717) is 0 Å². The first kappa shape index (κ1) is 14.7. The molecule has 1 aromatic carbocycles. The molecule has 0 aliphatic rings. The normalized spacial score (nSPS) is 14.1. The minimum absolute atomic E-state index is 0.0198. The zero-order valence-electron chi connectivity index (χ0n) is 11.8. The third-order valence-corrected chi connectivity index (χ3v) is 3.60. The summed E-state index contributed by atoms with van der Waals surface area (Å²) in [5.74, 6) is 0.184. The van der Waals surface area contributed by atoms with E-state index in [9.17, 15) is 4.79 Å². The summed E-state index contributed by atoms with van der Waals surface area (Å²) in [5.41, 5.74) is 8.14. The minimum Gasteiger partial charge on any atom is -0.320 e. The van der Waals surface area contributed by atoms with E-state index in [1.54, 1.807) is 11.9 Å². The van der Waals surface area contributed by atoms with Gasteiger partial charge in [0.15, 0.2) is 0 Å². The zero-order chi connectivity index (χ0) is 13.7. The lowest BCUT2D eigenvalue weighted by Crippen LogP contribution is -2.45. The van der Waals surface area contributed by atoms with Gasteiger partial charge < -0.3 is 10.6 Å². The molecule has 100 valence electrons. The van der Waals surface area contributed by atoms with Gasteiger partial charge in [0.25, 0.3) is 0 Å². The molecule has 0 radical (unpaired) electrons. The lowest BCUT2D eigenvalue weighted by atomic mass is 9.99. The monoisotopic (exact) mass is 248 g/mol. The fourth-order valence-corrected chi connectivity index (χ4v) is 1.80. The standard InChI is InChI=1S/C15H24N2O/c1-5-11(3)14(16)15(18)17(4)13-9-7-12(6-2)8-10-13/h7-11,14H,5-6,16H2,1-4H3/t11-,14-/m0/s1. The molecule has 0 spiro atoms. The first-order chi connectivity index (χ1) is 8.51. The molecule has 0 saturated carbocycles. The van der Waals surface area contributed by atoms with Crippen LogP contribution < -0.4 is 10.6 Å². The number of anilines is 1. The fourth-order valence-electron chi connectivity index (χ4n) is 1.80. The van der Waals surface area contributed by atoms with Crippen molar-refractivity contribution in [3.05, 3.63) is 29.8 Å². The Kier molecular flexibility index (Phi) is 5.35. The number of likely N-dealkylation sites (N-methyl/N-ethyl adjacent to an activating group) is 1. The predicted octanol–water partition coefficient (Wildman–Crippen LogP) is 2.59. The van der Waals surface area contributed by atoms with Gasteiger partial charge in [-0.2, -0.15) is 0 Å². The number of carbonyl (C=O) groups excluding carboxylic acids is 1. The third-order valence-electron chi connectivity index (χ3n) is 3.60. The summed E-state index contributed by atoms with van der Waals surface area (Å²) in [6.45, 7) is 6.17. The smallest absolute Gasteiger partial charge is 0.243 e. The molecule has 3 nitrogen and oxygen atoms in total. The van der Waals surface area contributed by atoms with Crippen molar-refractivity contribution in [2.24, 2.45) is 11.7 Å². The van der Waals surface area contributed by atoms with Crippen molar-refractivity contribution in [3.63, 3.8) is 0 Å².